The smallest absolute Gasteiger partial charge is 0.287 e. The highest BCUT2D eigenvalue weighted by molar-refractivity contribution is 5.59. The molecule has 5 nitrogen and oxygen atoms in total. The van der Waals surface area contributed by atoms with Gasteiger partial charge in [0.1, 0.15) is 0 Å². The molecule has 100 valence electrons. The van der Waals surface area contributed by atoms with Gasteiger partial charge in [-0.25, -0.2) is 0 Å². The molecule has 0 N–H and O–H groups in total. The molecule has 0 aliphatic rings. The van der Waals surface area contributed by atoms with E-state index in [1.165, 1.54) is 0 Å². The second-order valence-corrected chi connectivity index (χ2v) is 4.46. The van der Waals surface area contributed by atoms with Gasteiger partial charge in [0.15, 0.2) is 0 Å². The van der Waals surface area contributed by atoms with Crippen LogP contribution in [0, 0.1) is 13.8 Å². The molecule has 0 fully saturated rings. The molecule has 5 heteroatoms. The highest BCUT2D eigenvalue weighted by atomic mass is 16.5. The average molecular weight is 267 g/mol. The Morgan fingerprint density at radius 1 is 1.05 bits per heavy atom. The van der Waals surface area contributed by atoms with Gasteiger partial charge in [-0.3, -0.25) is 0 Å². The number of rotatable bonds is 3. The molecule has 0 saturated carbocycles. The molecular weight excluding hydrogens is 254 g/mol. The maximum absolute atomic E-state index is 5.64. The quantitative estimate of drug-likeness (QED) is 0.724. The lowest BCUT2D eigenvalue weighted by molar-refractivity contribution is 0.411. The SMILES string of the molecule is C=Cc1ccc(-c2nnc(-c3onc(C)c3C)o2)cc1. The lowest BCUT2D eigenvalue weighted by Gasteiger charge is -1.95. The van der Waals surface area contributed by atoms with Gasteiger partial charge < -0.3 is 8.94 Å². The molecule has 0 bridgehead atoms. The minimum Gasteiger partial charge on any atom is -0.413 e. The molecular formula is C15H13N3O2. The number of aromatic nitrogens is 3. The zero-order chi connectivity index (χ0) is 14.1. The molecule has 0 saturated heterocycles. The van der Waals surface area contributed by atoms with E-state index in [0.29, 0.717) is 17.5 Å². The highest BCUT2D eigenvalue weighted by Crippen LogP contribution is 2.27. The van der Waals surface area contributed by atoms with E-state index in [1.54, 1.807) is 6.08 Å². The van der Waals surface area contributed by atoms with Crippen LogP contribution in [0.2, 0.25) is 0 Å². The second-order valence-electron chi connectivity index (χ2n) is 4.46. The number of benzene rings is 1. The van der Waals surface area contributed by atoms with Crippen LogP contribution in [0.3, 0.4) is 0 Å². The van der Waals surface area contributed by atoms with Gasteiger partial charge in [0.2, 0.25) is 11.7 Å². The summed E-state index contributed by atoms with van der Waals surface area (Å²) in [6, 6.07) is 7.70. The van der Waals surface area contributed by atoms with Crippen molar-refractivity contribution in [3.8, 4) is 23.1 Å². The maximum atomic E-state index is 5.64. The van der Waals surface area contributed by atoms with E-state index in [0.717, 1.165) is 22.4 Å². The van der Waals surface area contributed by atoms with Crippen LogP contribution in [0.4, 0.5) is 0 Å². The molecule has 3 rings (SSSR count). The van der Waals surface area contributed by atoms with Gasteiger partial charge >= 0.3 is 0 Å². The molecule has 0 unspecified atom stereocenters. The number of aryl methyl sites for hydroxylation is 1. The van der Waals surface area contributed by atoms with Crippen molar-refractivity contribution in [2.75, 3.05) is 0 Å². The molecule has 0 aliphatic carbocycles. The number of hydrogen-bond acceptors (Lipinski definition) is 5. The molecule has 3 aromatic rings. The lowest BCUT2D eigenvalue weighted by Crippen LogP contribution is -1.79. The largest absolute Gasteiger partial charge is 0.413 e. The maximum Gasteiger partial charge on any atom is 0.287 e. The van der Waals surface area contributed by atoms with Gasteiger partial charge in [0.05, 0.1) is 5.69 Å². The van der Waals surface area contributed by atoms with Crippen molar-refractivity contribution in [1.29, 1.82) is 0 Å². The van der Waals surface area contributed by atoms with Crippen molar-refractivity contribution in [2.45, 2.75) is 13.8 Å². The Kier molecular flexibility index (Phi) is 2.95. The van der Waals surface area contributed by atoms with E-state index in [4.69, 9.17) is 8.94 Å². The van der Waals surface area contributed by atoms with Crippen molar-refractivity contribution in [2.24, 2.45) is 0 Å². The molecule has 0 atom stereocenters. The Hall–Kier alpha value is -2.69. The zero-order valence-electron chi connectivity index (χ0n) is 11.3. The third-order valence-electron chi connectivity index (χ3n) is 3.17. The summed E-state index contributed by atoms with van der Waals surface area (Å²) >= 11 is 0. The zero-order valence-corrected chi connectivity index (χ0v) is 11.3. The first kappa shape index (κ1) is 12.3. The summed E-state index contributed by atoms with van der Waals surface area (Å²) in [6.07, 6.45) is 1.78. The average Bonchev–Trinajstić information content (AvgIpc) is 3.08. The summed E-state index contributed by atoms with van der Waals surface area (Å²) in [6.45, 7) is 7.49. The van der Waals surface area contributed by atoms with Crippen LogP contribution < -0.4 is 0 Å². The van der Waals surface area contributed by atoms with E-state index in [9.17, 15) is 0 Å². The van der Waals surface area contributed by atoms with Crippen LogP contribution in [0.15, 0.2) is 39.8 Å². The summed E-state index contributed by atoms with van der Waals surface area (Å²) in [4.78, 5) is 0. The minimum atomic E-state index is 0.339. The van der Waals surface area contributed by atoms with Gasteiger partial charge in [-0.15, -0.1) is 10.2 Å². The summed E-state index contributed by atoms with van der Waals surface area (Å²) in [7, 11) is 0. The van der Waals surface area contributed by atoms with Crippen molar-refractivity contribution < 1.29 is 8.94 Å². The number of nitrogens with zero attached hydrogens (tertiary/aromatic N) is 3. The van der Waals surface area contributed by atoms with Crippen molar-refractivity contribution >= 4 is 6.08 Å². The Morgan fingerprint density at radius 2 is 1.75 bits per heavy atom. The normalized spacial score (nSPS) is 10.7. The summed E-state index contributed by atoms with van der Waals surface area (Å²) < 4.78 is 10.8. The molecule has 0 amide bonds. The van der Waals surface area contributed by atoms with Gasteiger partial charge in [0.25, 0.3) is 5.89 Å². The van der Waals surface area contributed by atoms with Crippen LogP contribution >= 0.6 is 0 Å². The lowest BCUT2D eigenvalue weighted by atomic mass is 10.1. The predicted octanol–water partition coefficient (Wildman–Crippen LogP) is 3.65. The molecule has 0 aliphatic heterocycles. The van der Waals surface area contributed by atoms with Gasteiger partial charge in [0, 0.05) is 11.1 Å². The van der Waals surface area contributed by atoms with Crippen LogP contribution in [0.1, 0.15) is 16.8 Å². The number of hydrogen-bond donors (Lipinski definition) is 0. The summed E-state index contributed by atoms with van der Waals surface area (Å²) in [5.74, 6) is 1.30. The fourth-order valence-corrected chi connectivity index (χ4v) is 1.81. The predicted molar refractivity (Wildman–Crippen MR) is 74.8 cm³/mol. The standard InChI is InChI=1S/C15H13N3O2/c1-4-11-5-7-12(8-6-11)14-16-17-15(19-14)13-9(2)10(3)18-20-13/h4-8H,1H2,2-3H3. The first-order valence-corrected chi connectivity index (χ1v) is 6.18. The fraction of sp³-hybridized carbons (Fsp3) is 0.133. The van der Waals surface area contributed by atoms with Crippen LogP contribution in [-0.2, 0) is 0 Å². The Labute approximate surface area is 115 Å². The van der Waals surface area contributed by atoms with Crippen molar-refractivity contribution in [3.05, 3.63) is 47.7 Å². The Balaban J connectivity index is 1.97. The second kappa shape index (κ2) is 4.77. The molecule has 2 heterocycles. The minimum absolute atomic E-state index is 0.339. The van der Waals surface area contributed by atoms with E-state index in [2.05, 4.69) is 21.9 Å². The van der Waals surface area contributed by atoms with Crippen LogP contribution in [0.25, 0.3) is 29.2 Å². The Morgan fingerprint density at radius 3 is 2.35 bits per heavy atom. The summed E-state index contributed by atoms with van der Waals surface area (Å²) in [5.41, 5.74) is 3.61. The van der Waals surface area contributed by atoms with Gasteiger partial charge in [-0.2, -0.15) is 0 Å². The van der Waals surface area contributed by atoms with E-state index in [-0.39, 0.29) is 0 Å². The first-order chi connectivity index (χ1) is 9.69. The highest BCUT2D eigenvalue weighted by Gasteiger charge is 2.18. The fourth-order valence-electron chi connectivity index (χ4n) is 1.81. The van der Waals surface area contributed by atoms with Crippen molar-refractivity contribution in [3.63, 3.8) is 0 Å². The van der Waals surface area contributed by atoms with E-state index >= 15 is 0 Å². The Bertz CT molecular complexity index is 754. The summed E-state index contributed by atoms with van der Waals surface area (Å²) in [5, 5.41) is 11.9. The van der Waals surface area contributed by atoms with E-state index in [1.807, 2.05) is 38.1 Å². The van der Waals surface area contributed by atoms with Crippen LogP contribution in [0.5, 0.6) is 0 Å². The monoisotopic (exact) mass is 267 g/mol. The van der Waals surface area contributed by atoms with Crippen molar-refractivity contribution in [1.82, 2.24) is 15.4 Å². The molecule has 0 radical (unpaired) electrons. The third kappa shape index (κ3) is 2.03. The molecule has 20 heavy (non-hydrogen) atoms. The van der Waals surface area contributed by atoms with Gasteiger partial charge in [-0.05, 0) is 31.5 Å². The molecule has 2 aromatic heterocycles. The first-order valence-electron chi connectivity index (χ1n) is 6.18. The van der Waals surface area contributed by atoms with Gasteiger partial charge in [-0.1, -0.05) is 29.9 Å². The van der Waals surface area contributed by atoms with E-state index < -0.39 is 0 Å². The molecule has 1 aromatic carbocycles. The van der Waals surface area contributed by atoms with Crippen LogP contribution in [-0.4, -0.2) is 15.4 Å². The topological polar surface area (TPSA) is 65.0 Å². The molecule has 0 spiro atoms. The third-order valence-corrected chi connectivity index (χ3v) is 3.17.